The first-order valence-electron chi connectivity index (χ1n) is 4.12. The Morgan fingerprint density at radius 3 is 2.75 bits per heavy atom. The summed E-state index contributed by atoms with van der Waals surface area (Å²) in [6.07, 6.45) is 1.71. The lowest BCUT2D eigenvalue weighted by Crippen LogP contribution is -2.17. The highest BCUT2D eigenvalue weighted by Crippen LogP contribution is 2.00. The lowest BCUT2D eigenvalue weighted by atomic mass is 10.1. The maximum Gasteiger partial charge on any atom is 0.156 e. The predicted octanol–water partition coefficient (Wildman–Crippen LogP) is 1.42. The molecule has 0 N–H and O–H groups in total. The summed E-state index contributed by atoms with van der Waals surface area (Å²) >= 11 is 0. The summed E-state index contributed by atoms with van der Waals surface area (Å²) in [6, 6.07) is 1.90. The number of rotatable bonds is 3. The zero-order valence-corrected chi connectivity index (χ0v) is 7.74. The number of carbonyl (C=O) groups excluding carboxylic acids is 1. The van der Waals surface area contributed by atoms with Gasteiger partial charge in [-0.1, -0.05) is 13.8 Å². The molecule has 0 fully saturated rings. The Morgan fingerprint density at radius 2 is 2.33 bits per heavy atom. The largest absolute Gasteiger partial charge is 0.297 e. The van der Waals surface area contributed by atoms with Crippen LogP contribution in [0.4, 0.5) is 0 Å². The molecule has 1 rings (SSSR count). The Kier molecular flexibility index (Phi) is 2.63. The number of hydrogen-bond donors (Lipinski definition) is 0. The summed E-state index contributed by atoms with van der Waals surface area (Å²) in [5.41, 5.74) is 1.03. The topological polar surface area (TPSA) is 34.9 Å². The van der Waals surface area contributed by atoms with E-state index in [4.69, 9.17) is 0 Å². The molecule has 0 bridgehead atoms. The summed E-state index contributed by atoms with van der Waals surface area (Å²) < 4.78 is 1.72. The lowest BCUT2D eigenvalue weighted by molar-refractivity contribution is -0.122. The van der Waals surface area contributed by atoms with Gasteiger partial charge in [0.1, 0.15) is 0 Å². The molecular weight excluding hydrogens is 152 g/mol. The molecule has 0 saturated carbocycles. The van der Waals surface area contributed by atoms with Crippen molar-refractivity contribution in [3.05, 3.63) is 18.0 Å². The maximum atomic E-state index is 11.3. The van der Waals surface area contributed by atoms with Gasteiger partial charge in [-0.05, 0) is 13.0 Å². The van der Waals surface area contributed by atoms with E-state index in [0.29, 0.717) is 6.54 Å². The van der Waals surface area contributed by atoms with Gasteiger partial charge in [0.25, 0.3) is 0 Å². The molecule has 66 valence electrons. The minimum absolute atomic E-state index is 0.0913. The van der Waals surface area contributed by atoms with Crippen LogP contribution >= 0.6 is 0 Å². The maximum absolute atomic E-state index is 11.3. The van der Waals surface area contributed by atoms with Crippen LogP contribution in [0.2, 0.25) is 0 Å². The fourth-order valence-electron chi connectivity index (χ4n) is 0.894. The number of Topliss-reactive ketones (excluding diaryl/α,β-unsaturated/α-hetero) is 1. The number of carbonyl (C=O) groups is 1. The first-order valence-corrected chi connectivity index (χ1v) is 4.12. The van der Waals surface area contributed by atoms with E-state index in [0.717, 1.165) is 5.69 Å². The van der Waals surface area contributed by atoms with Gasteiger partial charge in [-0.25, -0.2) is 0 Å². The van der Waals surface area contributed by atoms with Gasteiger partial charge in [-0.2, -0.15) is 5.10 Å². The van der Waals surface area contributed by atoms with Crippen molar-refractivity contribution in [3.8, 4) is 0 Å². The van der Waals surface area contributed by atoms with Crippen molar-refractivity contribution >= 4 is 5.78 Å². The average molecular weight is 166 g/mol. The molecule has 0 saturated heterocycles. The van der Waals surface area contributed by atoms with Gasteiger partial charge in [0, 0.05) is 17.8 Å². The predicted molar refractivity (Wildman–Crippen MR) is 46.8 cm³/mol. The third-order valence-electron chi connectivity index (χ3n) is 1.88. The van der Waals surface area contributed by atoms with Crippen LogP contribution in [0.5, 0.6) is 0 Å². The highest BCUT2D eigenvalue weighted by Gasteiger charge is 2.08. The second kappa shape index (κ2) is 3.52. The van der Waals surface area contributed by atoms with Gasteiger partial charge in [-0.15, -0.1) is 0 Å². The lowest BCUT2D eigenvalue weighted by Gasteiger charge is -2.05. The van der Waals surface area contributed by atoms with Crippen LogP contribution < -0.4 is 0 Å². The zero-order chi connectivity index (χ0) is 9.14. The smallest absolute Gasteiger partial charge is 0.156 e. The molecule has 12 heavy (non-hydrogen) atoms. The highest BCUT2D eigenvalue weighted by atomic mass is 16.1. The van der Waals surface area contributed by atoms with Crippen LogP contribution in [0.3, 0.4) is 0 Å². The van der Waals surface area contributed by atoms with Gasteiger partial charge in [0.05, 0.1) is 6.54 Å². The molecular formula is C9H14N2O. The molecule has 0 spiro atoms. The minimum Gasteiger partial charge on any atom is -0.297 e. The first kappa shape index (κ1) is 8.97. The molecule has 0 atom stereocenters. The molecule has 0 radical (unpaired) electrons. The van der Waals surface area contributed by atoms with E-state index in [1.54, 1.807) is 10.9 Å². The number of aryl methyl sites for hydroxylation is 1. The Morgan fingerprint density at radius 1 is 1.67 bits per heavy atom. The molecule has 0 amide bonds. The molecule has 0 aliphatic carbocycles. The van der Waals surface area contributed by atoms with Gasteiger partial charge >= 0.3 is 0 Å². The fraction of sp³-hybridized carbons (Fsp3) is 0.556. The van der Waals surface area contributed by atoms with Crippen LogP contribution in [0, 0.1) is 12.8 Å². The summed E-state index contributed by atoms with van der Waals surface area (Å²) in [6.45, 7) is 6.15. The minimum atomic E-state index is 0.0913. The monoisotopic (exact) mass is 166 g/mol. The van der Waals surface area contributed by atoms with Crippen LogP contribution in [0.1, 0.15) is 19.5 Å². The molecule has 1 aromatic heterocycles. The van der Waals surface area contributed by atoms with E-state index in [1.807, 2.05) is 26.8 Å². The SMILES string of the molecule is Cc1ccnn1CC(=O)C(C)C. The molecule has 0 aliphatic heterocycles. The Balaban J connectivity index is 2.64. The van der Waals surface area contributed by atoms with Crippen molar-refractivity contribution in [1.82, 2.24) is 9.78 Å². The van der Waals surface area contributed by atoms with Crippen molar-refractivity contribution in [3.63, 3.8) is 0 Å². The summed E-state index contributed by atoms with van der Waals surface area (Å²) in [5.74, 6) is 0.315. The standard InChI is InChI=1S/C9H14N2O/c1-7(2)9(12)6-11-8(3)4-5-10-11/h4-5,7H,6H2,1-3H3. The molecule has 0 aliphatic rings. The third-order valence-corrected chi connectivity index (χ3v) is 1.88. The Hall–Kier alpha value is -1.12. The molecule has 1 aromatic rings. The molecule has 1 heterocycles. The van der Waals surface area contributed by atoms with Crippen molar-refractivity contribution in [2.45, 2.75) is 27.3 Å². The van der Waals surface area contributed by atoms with Gasteiger partial charge < -0.3 is 0 Å². The highest BCUT2D eigenvalue weighted by molar-refractivity contribution is 5.80. The van der Waals surface area contributed by atoms with Crippen molar-refractivity contribution in [1.29, 1.82) is 0 Å². The third kappa shape index (κ3) is 1.94. The summed E-state index contributed by atoms with van der Waals surface area (Å²) in [4.78, 5) is 11.3. The molecule has 0 aromatic carbocycles. The van der Waals surface area contributed by atoms with Crippen molar-refractivity contribution in [2.75, 3.05) is 0 Å². The number of aromatic nitrogens is 2. The van der Waals surface area contributed by atoms with Crippen LogP contribution in [-0.2, 0) is 11.3 Å². The quantitative estimate of drug-likeness (QED) is 0.680. The molecule has 0 unspecified atom stereocenters. The fourth-order valence-corrected chi connectivity index (χ4v) is 0.894. The van der Waals surface area contributed by atoms with E-state index in [9.17, 15) is 4.79 Å². The zero-order valence-electron chi connectivity index (χ0n) is 7.74. The van der Waals surface area contributed by atoms with E-state index in [2.05, 4.69) is 5.10 Å². The van der Waals surface area contributed by atoms with Gasteiger partial charge in [-0.3, -0.25) is 9.48 Å². The Bertz CT molecular complexity index is 276. The first-order chi connectivity index (χ1) is 5.61. The second-order valence-corrected chi connectivity index (χ2v) is 3.25. The summed E-state index contributed by atoms with van der Waals surface area (Å²) in [7, 11) is 0. The van der Waals surface area contributed by atoms with Gasteiger partial charge in [0.15, 0.2) is 5.78 Å². The van der Waals surface area contributed by atoms with Crippen molar-refractivity contribution < 1.29 is 4.79 Å². The summed E-state index contributed by atoms with van der Waals surface area (Å²) in [5, 5.41) is 4.03. The van der Waals surface area contributed by atoms with Crippen LogP contribution in [0.25, 0.3) is 0 Å². The van der Waals surface area contributed by atoms with E-state index < -0.39 is 0 Å². The number of nitrogens with zero attached hydrogens (tertiary/aromatic N) is 2. The van der Waals surface area contributed by atoms with Gasteiger partial charge in [0.2, 0.25) is 0 Å². The average Bonchev–Trinajstić information content (AvgIpc) is 2.36. The Labute approximate surface area is 72.4 Å². The number of hydrogen-bond acceptors (Lipinski definition) is 2. The molecule has 3 nitrogen and oxygen atoms in total. The number of ketones is 1. The second-order valence-electron chi connectivity index (χ2n) is 3.25. The van der Waals surface area contributed by atoms with Crippen molar-refractivity contribution in [2.24, 2.45) is 5.92 Å². The van der Waals surface area contributed by atoms with Crippen LogP contribution in [-0.4, -0.2) is 15.6 Å². The van der Waals surface area contributed by atoms with Crippen LogP contribution in [0.15, 0.2) is 12.3 Å². The normalized spacial score (nSPS) is 10.7. The van der Waals surface area contributed by atoms with E-state index in [1.165, 1.54) is 0 Å². The molecule has 3 heteroatoms. The van der Waals surface area contributed by atoms with E-state index >= 15 is 0 Å². The van der Waals surface area contributed by atoms with E-state index in [-0.39, 0.29) is 11.7 Å².